The van der Waals surface area contributed by atoms with Crippen molar-refractivity contribution in [3.8, 4) is 0 Å². The number of aromatic nitrogens is 2. The second-order valence-corrected chi connectivity index (χ2v) is 4.59. The number of nitrogens with two attached hydrogens (primary N) is 1. The van der Waals surface area contributed by atoms with Crippen LogP contribution in [0.25, 0.3) is 0 Å². The molecular formula is C8H13N5O2S. The summed E-state index contributed by atoms with van der Waals surface area (Å²) in [6.07, 6.45) is -0.386. The molecule has 1 aromatic heterocycles. The van der Waals surface area contributed by atoms with E-state index in [1.165, 1.54) is 11.3 Å². The molecule has 1 fully saturated rings. The van der Waals surface area contributed by atoms with Gasteiger partial charge in [-0.25, -0.2) is 0 Å². The van der Waals surface area contributed by atoms with E-state index in [0.29, 0.717) is 13.2 Å². The monoisotopic (exact) mass is 243 g/mol. The first kappa shape index (κ1) is 11.1. The zero-order chi connectivity index (χ0) is 11.5. The number of morpholine rings is 1. The smallest absolute Gasteiger partial charge is 0.208 e. The number of hydrogen-bond acceptors (Lipinski definition) is 7. The molecule has 88 valence electrons. The third-order valence-electron chi connectivity index (χ3n) is 2.30. The lowest BCUT2D eigenvalue weighted by Gasteiger charge is -2.31. The Morgan fingerprint density at radius 2 is 2.50 bits per heavy atom. The van der Waals surface area contributed by atoms with E-state index in [9.17, 15) is 0 Å². The Morgan fingerprint density at radius 1 is 1.69 bits per heavy atom. The van der Waals surface area contributed by atoms with E-state index in [-0.39, 0.29) is 11.9 Å². The first-order valence-corrected chi connectivity index (χ1v) is 5.66. The van der Waals surface area contributed by atoms with Gasteiger partial charge in [0.1, 0.15) is 11.1 Å². The minimum absolute atomic E-state index is 0.0888. The van der Waals surface area contributed by atoms with E-state index < -0.39 is 0 Å². The standard InChI is InChI=1S/C8H13N5O2S/c1-5-10-11-8(16-5)13-2-3-15-6(4-13)7(9)12-14/h6,14H,2-4H2,1H3,(H2,9,12). The normalized spacial score (nSPS) is 22.4. The van der Waals surface area contributed by atoms with E-state index in [0.717, 1.165) is 16.7 Å². The Balaban J connectivity index is 2.07. The molecule has 1 atom stereocenters. The Hall–Kier alpha value is -1.41. The largest absolute Gasteiger partial charge is 0.409 e. The summed E-state index contributed by atoms with van der Waals surface area (Å²) in [5.41, 5.74) is 5.51. The highest BCUT2D eigenvalue weighted by molar-refractivity contribution is 7.15. The molecule has 0 aliphatic carbocycles. The molecule has 3 N–H and O–H groups in total. The lowest BCUT2D eigenvalue weighted by Crippen LogP contribution is -2.48. The maximum absolute atomic E-state index is 8.59. The topological polar surface area (TPSA) is 96.9 Å². The van der Waals surface area contributed by atoms with E-state index in [1.54, 1.807) is 0 Å². The van der Waals surface area contributed by atoms with Crippen molar-refractivity contribution in [1.82, 2.24) is 10.2 Å². The van der Waals surface area contributed by atoms with Crippen molar-refractivity contribution < 1.29 is 9.94 Å². The third kappa shape index (κ3) is 2.22. The summed E-state index contributed by atoms with van der Waals surface area (Å²) in [5, 5.41) is 21.3. The first-order valence-electron chi connectivity index (χ1n) is 4.85. The van der Waals surface area contributed by atoms with Crippen LogP contribution in [0.2, 0.25) is 0 Å². The van der Waals surface area contributed by atoms with Crippen LogP contribution >= 0.6 is 11.3 Å². The first-order chi connectivity index (χ1) is 7.70. The van der Waals surface area contributed by atoms with Crippen molar-refractivity contribution >= 4 is 22.3 Å². The molecule has 2 heterocycles. The van der Waals surface area contributed by atoms with Crippen LogP contribution < -0.4 is 10.6 Å². The number of hydrogen-bond donors (Lipinski definition) is 2. The lowest BCUT2D eigenvalue weighted by atomic mass is 10.2. The number of nitrogens with zero attached hydrogens (tertiary/aromatic N) is 4. The fourth-order valence-electron chi connectivity index (χ4n) is 1.48. The van der Waals surface area contributed by atoms with E-state index in [4.69, 9.17) is 15.7 Å². The average Bonchev–Trinajstić information content (AvgIpc) is 2.75. The maximum Gasteiger partial charge on any atom is 0.208 e. The van der Waals surface area contributed by atoms with Gasteiger partial charge in [-0.3, -0.25) is 0 Å². The van der Waals surface area contributed by atoms with Crippen LogP contribution in [-0.4, -0.2) is 47.0 Å². The molecule has 1 saturated heterocycles. The molecule has 0 radical (unpaired) electrons. The summed E-state index contributed by atoms with van der Waals surface area (Å²) in [4.78, 5) is 2.02. The molecule has 1 aromatic rings. The highest BCUT2D eigenvalue weighted by Gasteiger charge is 2.25. The van der Waals surface area contributed by atoms with Gasteiger partial charge in [0.15, 0.2) is 5.84 Å². The van der Waals surface area contributed by atoms with Gasteiger partial charge >= 0.3 is 0 Å². The number of amidine groups is 1. The summed E-state index contributed by atoms with van der Waals surface area (Å²) in [6, 6.07) is 0. The fraction of sp³-hybridized carbons (Fsp3) is 0.625. The number of anilines is 1. The van der Waals surface area contributed by atoms with Crippen molar-refractivity contribution in [3.05, 3.63) is 5.01 Å². The van der Waals surface area contributed by atoms with Gasteiger partial charge in [0.25, 0.3) is 0 Å². The van der Waals surface area contributed by atoms with Gasteiger partial charge in [-0.2, -0.15) is 0 Å². The van der Waals surface area contributed by atoms with Crippen molar-refractivity contribution in [1.29, 1.82) is 0 Å². The molecule has 1 unspecified atom stereocenters. The summed E-state index contributed by atoms with van der Waals surface area (Å²) >= 11 is 1.52. The van der Waals surface area contributed by atoms with Gasteiger partial charge in [0.2, 0.25) is 5.13 Å². The van der Waals surface area contributed by atoms with Crippen LogP contribution in [0.3, 0.4) is 0 Å². The van der Waals surface area contributed by atoms with Gasteiger partial charge in [-0.15, -0.1) is 10.2 Å². The Morgan fingerprint density at radius 3 is 3.12 bits per heavy atom. The van der Waals surface area contributed by atoms with Gasteiger partial charge in [-0.1, -0.05) is 16.5 Å². The Labute approximate surface area is 96.5 Å². The summed E-state index contributed by atoms with van der Waals surface area (Å²) in [6.45, 7) is 3.70. The van der Waals surface area contributed by atoms with Crippen molar-refractivity contribution in [2.75, 3.05) is 24.6 Å². The lowest BCUT2D eigenvalue weighted by molar-refractivity contribution is 0.0806. The van der Waals surface area contributed by atoms with Crippen LogP contribution in [0.4, 0.5) is 5.13 Å². The average molecular weight is 243 g/mol. The highest BCUT2D eigenvalue weighted by atomic mass is 32.1. The molecule has 7 nitrogen and oxygen atoms in total. The van der Waals surface area contributed by atoms with E-state index >= 15 is 0 Å². The van der Waals surface area contributed by atoms with E-state index in [2.05, 4.69) is 15.4 Å². The predicted molar refractivity (Wildman–Crippen MR) is 60.0 cm³/mol. The maximum atomic E-state index is 8.59. The summed E-state index contributed by atoms with van der Waals surface area (Å²) < 4.78 is 5.39. The minimum atomic E-state index is -0.386. The van der Waals surface area contributed by atoms with Crippen molar-refractivity contribution in [2.45, 2.75) is 13.0 Å². The molecule has 0 amide bonds. The van der Waals surface area contributed by atoms with Crippen LogP contribution in [0.15, 0.2) is 5.16 Å². The zero-order valence-corrected chi connectivity index (χ0v) is 9.65. The number of aryl methyl sites for hydroxylation is 1. The molecule has 0 aromatic carbocycles. The van der Waals surface area contributed by atoms with E-state index in [1.807, 2.05) is 11.8 Å². The molecule has 0 saturated carbocycles. The van der Waals surface area contributed by atoms with Crippen LogP contribution in [0.1, 0.15) is 5.01 Å². The van der Waals surface area contributed by atoms with Crippen LogP contribution in [0.5, 0.6) is 0 Å². The molecule has 8 heteroatoms. The Kier molecular flexibility index (Phi) is 3.20. The molecule has 1 aliphatic rings. The summed E-state index contributed by atoms with van der Waals surface area (Å²) in [5.74, 6) is 0.0888. The molecule has 0 bridgehead atoms. The quantitative estimate of drug-likeness (QED) is 0.323. The third-order valence-corrected chi connectivity index (χ3v) is 3.20. The zero-order valence-electron chi connectivity index (χ0n) is 8.83. The molecule has 0 spiro atoms. The molecule has 2 rings (SSSR count). The van der Waals surface area contributed by atoms with Gasteiger partial charge in [0.05, 0.1) is 13.2 Å². The summed E-state index contributed by atoms with van der Waals surface area (Å²) in [7, 11) is 0. The number of ether oxygens (including phenoxy) is 1. The minimum Gasteiger partial charge on any atom is -0.409 e. The highest BCUT2D eigenvalue weighted by Crippen LogP contribution is 2.21. The SMILES string of the molecule is Cc1nnc(N2CCOC(C(N)=NO)C2)s1. The van der Waals surface area contributed by atoms with Crippen LogP contribution in [0, 0.1) is 6.92 Å². The van der Waals surface area contributed by atoms with Crippen molar-refractivity contribution in [3.63, 3.8) is 0 Å². The van der Waals surface area contributed by atoms with Gasteiger partial charge < -0.3 is 20.6 Å². The van der Waals surface area contributed by atoms with Gasteiger partial charge in [-0.05, 0) is 6.92 Å². The van der Waals surface area contributed by atoms with Gasteiger partial charge in [0, 0.05) is 6.54 Å². The predicted octanol–water partition coefficient (Wildman–Crippen LogP) is -0.202. The fourth-order valence-corrected chi connectivity index (χ4v) is 2.20. The molecule has 1 aliphatic heterocycles. The molecule has 16 heavy (non-hydrogen) atoms. The number of oxime groups is 1. The van der Waals surface area contributed by atoms with Crippen LogP contribution in [-0.2, 0) is 4.74 Å². The molecular weight excluding hydrogens is 230 g/mol. The second-order valence-electron chi connectivity index (χ2n) is 3.43. The van der Waals surface area contributed by atoms with Crippen molar-refractivity contribution in [2.24, 2.45) is 10.9 Å². The second kappa shape index (κ2) is 4.62. The Bertz CT molecular complexity index is 394. The number of rotatable bonds is 2.